The number of carboxylic acid groups (broad SMARTS) is 1. The smallest absolute Gasteiger partial charge is 0.306 e. The molecule has 0 aliphatic rings. The van der Waals surface area contributed by atoms with E-state index < -0.39 is 12.1 Å². The summed E-state index contributed by atoms with van der Waals surface area (Å²) < 4.78 is 12.3. The average molecular weight is 272 g/mol. The van der Waals surface area contributed by atoms with Crippen LogP contribution in [0, 0.1) is 0 Å². The number of carboxylic acids is 1. The van der Waals surface area contributed by atoms with Crippen molar-refractivity contribution in [3.8, 4) is 0 Å². The van der Waals surface area contributed by atoms with Gasteiger partial charge in [0, 0.05) is 6.61 Å². The maximum atomic E-state index is 10.7. The van der Waals surface area contributed by atoms with Crippen molar-refractivity contribution < 1.29 is 19.4 Å². The third-order valence-corrected chi connectivity index (χ3v) is 2.33. The van der Waals surface area contributed by atoms with E-state index >= 15 is 0 Å². The van der Waals surface area contributed by atoms with Gasteiger partial charge in [0.15, 0.2) is 5.82 Å². The standard InChI is InChI=1S/C11H20N4O4/c1-4-18-9(5-11(16)17)6-15-10(12-13-14-15)7-19-8(2)3/h8-9H,4-7H2,1-3H3,(H,16,17). The van der Waals surface area contributed by atoms with Crippen LogP contribution in [0.2, 0.25) is 0 Å². The van der Waals surface area contributed by atoms with Crippen LogP contribution >= 0.6 is 0 Å². The van der Waals surface area contributed by atoms with Crippen LogP contribution < -0.4 is 0 Å². The predicted octanol–water partition coefficient (Wildman–Crippen LogP) is 0.478. The number of nitrogens with zero attached hydrogens (tertiary/aromatic N) is 4. The lowest BCUT2D eigenvalue weighted by atomic mass is 10.2. The predicted molar refractivity (Wildman–Crippen MR) is 65.4 cm³/mol. The minimum absolute atomic E-state index is 0.0758. The fourth-order valence-corrected chi connectivity index (χ4v) is 1.51. The van der Waals surface area contributed by atoms with E-state index in [0.29, 0.717) is 19.0 Å². The molecule has 0 aliphatic heterocycles. The zero-order chi connectivity index (χ0) is 14.3. The van der Waals surface area contributed by atoms with Gasteiger partial charge < -0.3 is 14.6 Å². The van der Waals surface area contributed by atoms with Gasteiger partial charge in [-0.25, -0.2) is 4.68 Å². The molecule has 0 radical (unpaired) electrons. The van der Waals surface area contributed by atoms with Gasteiger partial charge in [0.2, 0.25) is 0 Å². The van der Waals surface area contributed by atoms with Crippen LogP contribution in [0.25, 0.3) is 0 Å². The summed E-state index contributed by atoms with van der Waals surface area (Å²) in [6.45, 7) is 6.68. The molecule has 0 aromatic carbocycles. The number of rotatable bonds is 9. The molecule has 1 atom stereocenters. The third kappa shape index (κ3) is 5.75. The van der Waals surface area contributed by atoms with Crippen molar-refractivity contribution in [3.05, 3.63) is 5.82 Å². The summed E-state index contributed by atoms with van der Waals surface area (Å²) in [4.78, 5) is 10.7. The van der Waals surface area contributed by atoms with E-state index in [1.807, 2.05) is 20.8 Å². The van der Waals surface area contributed by atoms with E-state index in [4.69, 9.17) is 14.6 Å². The van der Waals surface area contributed by atoms with E-state index in [-0.39, 0.29) is 19.1 Å². The summed E-state index contributed by atoms with van der Waals surface area (Å²) in [5.74, 6) is -0.352. The number of aliphatic carboxylic acids is 1. The molecule has 1 unspecified atom stereocenters. The van der Waals surface area contributed by atoms with E-state index in [1.54, 1.807) is 0 Å². The summed E-state index contributed by atoms with van der Waals surface area (Å²) in [6.07, 6.45) is -0.464. The Bertz CT molecular complexity index is 394. The van der Waals surface area contributed by atoms with Gasteiger partial charge in [-0.1, -0.05) is 0 Å². The van der Waals surface area contributed by atoms with Gasteiger partial charge in [0.05, 0.1) is 25.2 Å². The van der Waals surface area contributed by atoms with Crippen LogP contribution in [-0.4, -0.2) is 50.1 Å². The Morgan fingerprint density at radius 3 is 2.74 bits per heavy atom. The highest BCUT2D eigenvalue weighted by Gasteiger charge is 2.17. The Morgan fingerprint density at radius 1 is 1.42 bits per heavy atom. The van der Waals surface area contributed by atoms with Crippen molar-refractivity contribution in [3.63, 3.8) is 0 Å². The first-order chi connectivity index (χ1) is 9.02. The van der Waals surface area contributed by atoms with Crippen molar-refractivity contribution in [1.82, 2.24) is 20.2 Å². The van der Waals surface area contributed by atoms with Gasteiger partial charge in [0.1, 0.15) is 6.61 Å². The molecular weight excluding hydrogens is 252 g/mol. The minimum Gasteiger partial charge on any atom is -0.481 e. The lowest BCUT2D eigenvalue weighted by Gasteiger charge is -2.15. The molecule has 0 amide bonds. The second-order valence-corrected chi connectivity index (χ2v) is 4.31. The summed E-state index contributed by atoms with van der Waals surface area (Å²) in [5, 5.41) is 20.1. The molecule has 1 aromatic rings. The molecule has 0 bridgehead atoms. The summed E-state index contributed by atoms with van der Waals surface area (Å²) in [6, 6.07) is 0. The highest BCUT2D eigenvalue weighted by atomic mass is 16.5. The Morgan fingerprint density at radius 2 is 2.16 bits per heavy atom. The first-order valence-electron chi connectivity index (χ1n) is 6.23. The third-order valence-electron chi connectivity index (χ3n) is 2.33. The molecule has 1 N–H and O–H groups in total. The van der Waals surface area contributed by atoms with Crippen molar-refractivity contribution in [2.75, 3.05) is 6.61 Å². The average Bonchev–Trinajstić information content (AvgIpc) is 2.73. The van der Waals surface area contributed by atoms with Gasteiger partial charge in [-0.15, -0.1) is 5.10 Å². The number of carbonyl (C=O) groups is 1. The molecule has 0 spiro atoms. The number of ether oxygens (including phenoxy) is 2. The normalized spacial score (nSPS) is 12.8. The zero-order valence-electron chi connectivity index (χ0n) is 11.4. The molecular formula is C11H20N4O4. The number of tetrazole rings is 1. The van der Waals surface area contributed by atoms with Crippen molar-refractivity contribution in [2.45, 2.75) is 52.6 Å². The van der Waals surface area contributed by atoms with Crippen LogP contribution in [0.5, 0.6) is 0 Å². The Kier molecular flexibility index (Phi) is 6.37. The van der Waals surface area contributed by atoms with Gasteiger partial charge in [0.25, 0.3) is 0 Å². The van der Waals surface area contributed by atoms with Crippen molar-refractivity contribution in [2.24, 2.45) is 0 Å². The summed E-state index contributed by atoms with van der Waals surface area (Å²) >= 11 is 0. The highest BCUT2D eigenvalue weighted by Crippen LogP contribution is 2.05. The molecule has 8 heteroatoms. The molecule has 1 aromatic heterocycles. The zero-order valence-corrected chi connectivity index (χ0v) is 11.4. The fraction of sp³-hybridized carbons (Fsp3) is 0.818. The van der Waals surface area contributed by atoms with Crippen molar-refractivity contribution >= 4 is 5.97 Å². The fourth-order valence-electron chi connectivity index (χ4n) is 1.51. The molecule has 0 fully saturated rings. The number of hydrogen-bond donors (Lipinski definition) is 1. The molecule has 0 saturated carbocycles. The SMILES string of the molecule is CCOC(CC(=O)O)Cn1nnnc1COC(C)C. The van der Waals surface area contributed by atoms with Crippen LogP contribution in [0.15, 0.2) is 0 Å². The first-order valence-corrected chi connectivity index (χ1v) is 6.23. The van der Waals surface area contributed by atoms with Crippen LogP contribution in [-0.2, 0) is 27.4 Å². The summed E-state index contributed by atoms with van der Waals surface area (Å²) in [5.41, 5.74) is 0. The highest BCUT2D eigenvalue weighted by molar-refractivity contribution is 5.67. The molecule has 8 nitrogen and oxygen atoms in total. The second-order valence-electron chi connectivity index (χ2n) is 4.31. The first kappa shape index (κ1) is 15.5. The van der Waals surface area contributed by atoms with E-state index in [9.17, 15) is 4.79 Å². The van der Waals surface area contributed by atoms with E-state index in [1.165, 1.54) is 4.68 Å². The van der Waals surface area contributed by atoms with Gasteiger partial charge in [-0.05, 0) is 31.2 Å². The largest absolute Gasteiger partial charge is 0.481 e. The Hall–Kier alpha value is -1.54. The molecule has 1 heterocycles. The lowest BCUT2D eigenvalue weighted by Crippen LogP contribution is -2.25. The van der Waals surface area contributed by atoms with Gasteiger partial charge in [-0.2, -0.15) is 0 Å². The maximum absolute atomic E-state index is 10.7. The van der Waals surface area contributed by atoms with E-state index in [2.05, 4.69) is 15.5 Å². The van der Waals surface area contributed by atoms with Gasteiger partial charge >= 0.3 is 5.97 Å². The molecule has 0 aliphatic carbocycles. The van der Waals surface area contributed by atoms with Crippen LogP contribution in [0.3, 0.4) is 0 Å². The quantitative estimate of drug-likeness (QED) is 0.697. The monoisotopic (exact) mass is 272 g/mol. The van der Waals surface area contributed by atoms with Crippen molar-refractivity contribution in [1.29, 1.82) is 0 Å². The number of hydrogen-bond acceptors (Lipinski definition) is 6. The minimum atomic E-state index is -0.911. The van der Waals surface area contributed by atoms with Crippen LogP contribution in [0.4, 0.5) is 0 Å². The molecule has 0 saturated heterocycles. The van der Waals surface area contributed by atoms with E-state index in [0.717, 1.165) is 0 Å². The molecule has 1 rings (SSSR count). The second kappa shape index (κ2) is 7.80. The summed E-state index contributed by atoms with van der Waals surface area (Å²) in [7, 11) is 0. The Balaban J connectivity index is 2.62. The lowest BCUT2D eigenvalue weighted by molar-refractivity contribution is -0.140. The molecule has 19 heavy (non-hydrogen) atoms. The maximum Gasteiger partial charge on any atom is 0.306 e. The Labute approximate surface area is 111 Å². The number of aromatic nitrogens is 4. The topological polar surface area (TPSA) is 99.4 Å². The molecule has 108 valence electrons. The van der Waals surface area contributed by atoms with Crippen LogP contribution in [0.1, 0.15) is 33.0 Å². The van der Waals surface area contributed by atoms with Gasteiger partial charge in [-0.3, -0.25) is 4.79 Å².